The Kier molecular flexibility index (Phi) is 4.95. The molecule has 3 rings (SSSR count). The molecular formula is C17H23NO4. The maximum Gasteiger partial charge on any atom is 0.260 e. The summed E-state index contributed by atoms with van der Waals surface area (Å²) in [6.07, 6.45) is 2.79. The average Bonchev–Trinajstić information content (AvgIpc) is 3.07. The number of carbonyl (C=O) groups excluding carboxylic acids is 1. The summed E-state index contributed by atoms with van der Waals surface area (Å²) in [5.74, 6) is 0.737. The molecule has 0 aromatic heterocycles. The second kappa shape index (κ2) is 7.11. The summed E-state index contributed by atoms with van der Waals surface area (Å²) in [5.41, 5.74) is 1.12. The van der Waals surface area contributed by atoms with E-state index in [0.717, 1.165) is 37.1 Å². The molecule has 0 bridgehead atoms. The van der Waals surface area contributed by atoms with Crippen LogP contribution < -0.4 is 4.74 Å². The van der Waals surface area contributed by atoms with Crippen molar-refractivity contribution in [1.29, 1.82) is 0 Å². The molecule has 5 nitrogen and oxygen atoms in total. The third-order valence-corrected chi connectivity index (χ3v) is 4.18. The SMILES string of the molecule is Cc1cccc(OCC(=O)N2CCCCC2C2OCCO2)c1. The summed E-state index contributed by atoms with van der Waals surface area (Å²) in [5, 5.41) is 0. The van der Waals surface area contributed by atoms with Gasteiger partial charge in [0.2, 0.25) is 0 Å². The number of amides is 1. The van der Waals surface area contributed by atoms with E-state index in [1.165, 1.54) is 0 Å². The zero-order chi connectivity index (χ0) is 15.4. The van der Waals surface area contributed by atoms with Gasteiger partial charge in [-0.25, -0.2) is 0 Å². The number of piperidine rings is 1. The number of hydrogen-bond acceptors (Lipinski definition) is 4. The molecule has 2 fully saturated rings. The summed E-state index contributed by atoms with van der Waals surface area (Å²) in [6, 6.07) is 7.76. The third kappa shape index (κ3) is 3.59. The molecule has 2 aliphatic rings. The number of nitrogens with zero attached hydrogens (tertiary/aromatic N) is 1. The summed E-state index contributed by atoms with van der Waals surface area (Å²) in [4.78, 5) is 14.4. The van der Waals surface area contributed by atoms with Gasteiger partial charge in [0.25, 0.3) is 5.91 Å². The van der Waals surface area contributed by atoms with Crippen LogP contribution in [0.4, 0.5) is 0 Å². The number of hydrogen-bond donors (Lipinski definition) is 0. The van der Waals surface area contributed by atoms with E-state index in [1.807, 2.05) is 36.1 Å². The number of carbonyl (C=O) groups is 1. The van der Waals surface area contributed by atoms with Crippen molar-refractivity contribution in [3.8, 4) is 5.75 Å². The normalized spacial score (nSPS) is 22.8. The highest BCUT2D eigenvalue weighted by molar-refractivity contribution is 5.78. The molecule has 2 heterocycles. The van der Waals surface area contributed by atoms with Crippen molar-refractivity contribution >= 4 is 5.91 Å². The van der Waals surface area contributed by atoms with Crippen LogP contribution in [0.5, 0.6) is 5.75 Å². The van der Waals surface area contributed by atoms with Crippen LogP contribution in [0.3, 0.4) is 0 Å². The van der Waals surface area contributed by atoms with E-state index in [2.05, 4.69) is 0 Å². The molecule has 2 aliphatic heterocycles. The van der Waals surface area contributed by atoms with Crippen molar-refractivity contribution in [2.24, 2.45) is 0 Å². The van der Waals surface area contributed by atoms with Gasteiger partial charge in [0.1, 0.15) is 5.75 Å². The van der Waals surface area contributed by atoms with E-state index in [-0.39, 0.29) is 24.8 Å². The van der Waals surface area contributed by atoms with E-state index in [0.29, 0.717) is 13.2 Å². The van der Waals surface area contributed by atoms with Crippen LogP contribution in [0.2, 0.25) is 0 Å². The Morgan fingerprint density at radius 1 is 1.32 bits per heavy atom. The van der Waals surface area contributed by atoms with Crippen LogP contribution in [0.1, 0.15) is 24.8 Å². The van der Waals surface area contributed by atoms with Gasteiger partial charge in [0.15, 0.2) is 12.9 Å². The van der Waals surface area contributed by atoms with Gasteiger partial charge in [-0.05, 0) is 43.9 Å². The fourth-order valence-corrected chi connectivity index (χ4v) is 3.08. The minimum absolute atomic E-state index is 0.00491. The molecule has 120 valence electrons. The van der Waals surface area contributed by atoms with Gasteiger partial charge in [-0.1, -0.05) is 12.1 Å². The first-order valence-corrected chi connectivity index (χ1v) is 7.96. The van der Waals surface area contributed by atoms with E-state index < -0.39 is 0 Å². The monoisotopic (exact) mass is 305 g/mol. The van der Waals surface area contributed by atoms with Gasteiger partial charge >= 0.3 is 0 Å². The molecule has 22 heavy (non-hydrogen) atoms. The Labute approximate surface area is 131 Å². The molecule has 0 aliphatic carbocycles. The maximum atomic E-state index is 12.5. The second-order valence-electron chi connectivity index (χ2n) is 5.87. The number of ether oxygens (including phenoxy) is 3. The molecule has 1 aromatic rings. The molecule has 2 saturated heterocycles. The Bertz CT molecular complexity index is 513. The van der Waals surface area contributed by atoms with E-state index in [9.17, 15) is 4.79 Å². The molecule has 5 heteroatoms. The minimum Gasteiger partial charge on any atom is -0.484 e. The lowest BCUT2D eigenvalue weighted by Crippen LogP contribution is -2.51. The lowest BCUT2D eigenvalue weighted by molar-refractivity contribution is -0.152. The van der Waals surface area contributed by atoms with E-state index >= 15 is 0 Å². The first-order chi connectivity index (χ1) is 10.7. The number of benzene rings is 1. The zero-order valence-corrected chi connectivity index (χ0v) is 13.0. The molecular weight excluding hydrogens is 282 g/mol. The lowest BCUT2D eigenvalue weighted by atomic mass is 10.0. The number of likely N-dealkylation sites (tertiary alicyclic amines) is 1. The lowest BCUT2D eigenvalue weighted by Gasteiger charge is -2.37. The number of aryl methyl sites for hydroxylation is 1. The highest BCUT2D eigenvalue weighted by Crippen LogP contribution is 2.24. The molecule has 0 radical (unpaired) electrons. The molecule has 1 amide bonds. The molecule has 1 atom stereocenters. The Balaban J connectivity index is 1.59. The second-order valence-corrected chi connectivity index (χ2v) is 5.87. The first-order valence-electron chi connectivity index (χ1n) is 7.96. The maximum absolute atomic E-state index is 12.5. The van der Waals surface area contributed by atoms with Crippen LogP contribution in [-0.4, -0.2) is 49.5 Å². The molecule has 1 unspecified atom stereocenters. The van der Waals surface area contributed by atoms with Gasteiger partial charge in [-0.3, -0.25) is 4.79 Å². The topological polar surface area (TPSA) is 48.0 Å². The highest BCUT2D eigenvalue weighted by atomic mass is 16.7. The number of rotatable bonds is 4. The van der Waals surface area contributed by atoms with Gasteiger partial charge in [0.05, 0.1) is 19.3 Å². The van der Waals surface area contributed by atoms with E-state index in [4.69, 9.17) is 14.2 Å². The van der Waals surface area contributed by atoms with Crippen molar-refractivity contribution in [1.82, 2.24) is 4.90 Å². The van der Waals surface area contributed by atoms with Gasteiger partial charge in [0, 0.05) is 6.54 Å². The smallest absolute Gasteiger partial charge is 0.260 e. The van der Waals surface area contributed by atoms with Crippen molar-refractivity contribution in [3.63, 3.8) is 0 Å². The first kappa shape index (κ1) is 15.3. The van der Waals surface area contributed by atoms with Crippen LogP contribution in [-0.2, 0) is 14.3 Å². The minimum atomic E-state index is -0.275. The standard InChI is InChI=1S/C17H23NO4/c1-13-5-4-6-14(11-13)22-12-16(19)18-8-3-2-7-15(18)17-20-9-10-21-17/h4-6,11,15,17H,2-3,7-10,12H2,1H3. The Morgan fingerprint density at radius 2 is 2.14 bits per heavy atom. The van der Waals surface area contributed by atoms with Crippen LogP contribution in [0.25, 0.3) is 0 Å². The predicted octanol–water partition coefficient (Wildman–Crippen LogP) is 2.13. The highest BCUT2D eigenvalue weighted by Gasteiger charge is 2.36. The fraction of sp³-hybridized carbons (Fsp3) is 0.588. The molecule has 1 aromatic carbocycles. The Hall–Kier alpha value is -1.59. The molecule has 0 N–H and O–H groups in total. The van der Waals surface area contributed by atoms with Crippen molar-refractivity contribution < 1.29 is 19.0 Å². The predicted molar refractivity (Wildman–Crippen MR) is 81.7 cm³/mol. The van der Waals surface area contributed by atoms with Gasteiger partial charge < -0.3 is 19.1 Å². The van der Waals surface area contributed by atoms with Crippen LogP contribution >= 0.6 is 0 Å². The summed E-state index contributed by atoms with van der Waals surface area (Å²) >= 11 is 0. The van der Waals surface area contributed by atoms with Crippen molar-refractivity contribution in [2.75, 3.05) is 26.4 Å². The van der Waals surface area contributed by atoms with Gasteiger partial charge in [-0.2, -0.15) is 0 Å². The van der Waals surface area contributed by atoms with Crippen LogP contribution in [0.15, 0.2) is 24.3 Å². The Morgan fingerprint density at radius 3 is 2.91 bits per heavy atom. The average molecular weight is 305 g/mol. The fourth-order valence-electron chi connectivity index (χ4n) is 3.08. The summed E-state index contributed by atoms with van der Waals surface area (Å²) < 4.78 is 16.8. The van der Waals surface area contributed by atoms with Crippen molar-refractivity contribution in [3.05, 3.63) is 29.8 Å². The van der Waals surface area contributed by atoms with Crippen LogP contribution in [0, 0.1) is 6.92 Å². The third-order valence-electron chi connectivity index (χ3n) is 4.18. The molecule has 0 saturated carbocycles. The van der Waals surface area contributed by atoms with E-state index in [1.54, 1.807) is 0 Å². The van der Waals surface area contributed by atoms with Crippen molar-refractivity contribution in [2.45, 2.75) is 38.5 Å². The summed E-state index contributed by atoms with van der Waals surface area (Å²) in [6.45, 7) is 4.05. The largest absolute Gasteiger partial charge is 0.484 e. The quantitative estimate of drug-likeness (QED) is 0.855. The summed E-state index contributed by atoms with van der Waals surface area (Å²) in [7, 11) is 0. The zero-order valence-electron chi connectivity index (χ0n) is 13.0. The van der Waals surface area contributed by atoms with Gasteiger partial charge in [-0.15, -0.1) is 0 Å². The molecule has 0 spiro atoms.